The minimum Gasteiger partial charge on any atom is -0.507 e. The van der Waals surface area contributed by atoms with E-state index in [9.17, 15) is 14.7 Å². The Morgan fingerprint density at radius 2 is 2.00 bits per heavy atom. The first-order valence-electron chi connectivity index (χ1n) is 5.89. The fourth-order valence-electron chi connectivity index (χ4n) is 1.65. The minimum absolute atomic E-state index is 0.0167. The molecule has 0 spiro atoms. The average molecular weight is 288 g/mol. The van der Waals surface area contributed by atoms with Gasteiger partial charge in [-0.2, -0.15) is 0 Å². The van der Waals surface area contributed by atoms with Crippen LogP contribution in [-0.4, -0.2) is 34.2 Å². The number of carboxylic acid groups (broad SMARTS) is 1. The van der Waals surface area contributed by atoms with Crippen LogP contribution >= 0.6 is 0 Å². The number of rotatable bonds is 4. The molecular weight excluding hydrogens is 276 g/mol. The minimum atomic E-state index is -1.20. The van der Waals surface area contributed by atoms with Crippen LogP contribution in [0.5, 0.6) is 11.5 Å². The number of carbonyl (C=O) groups excluding carboxylic acids is 1. The molecule has 1 heterocycles. The molecule has 0 atom stereocenters. The van der Waals surface area contributed by atoms with Crippen LogP contribution < -0.4 is 10.1 Å². The molecule has 108 valence electrons. The van der Waals surface area contributed by atoms with Crippen molar-refractivity contribution in [3.63, 3.8) is 0 Å². The van der Waals surface area contributed by atoms with Crippen molar-refractivity contribution in [1.82, 2.24) is 4.98 Å². The first kappa shape index (κ1) is 14.3. The van der Waals surface area contributed by atoms with Crippen molar-refractivity contribution in [1.29, 1.82) is 0 Å². The van der Waals surface area contributed by atoms with Crippen molar-refractivity contribution in [2.24, 2.45) is 0 Å². The summed E-state index contributed by atoms with van der Waals surface area (Å²) < 4.78 is 4.98. The summed E-state index contributed by atoms with van der Waals surface area (Å²) in [5.41, 5.74) is 0.0836. The van der Waals surface area contributed by atoms with Gasteiger partial charge in [-0.05, 0) is 30.3 Å². The maximum absolute atomic E-state index is 12.1. The Morgan fingerprint density at radius 1 is 1.24 bits per heavy atom. The van der Waals surface area contributed by atoms with Gasteiger partial charge in [0.1, 0.15) is 17.2 Å². The highest BCUT2D eigenvalue weighted by Crippen LogP contribution is 2.23. The van der Waals surface area contributed by atoms with Crippen LogP contribution in [-0.2, 0) is 0 Å². The number of phenols is 1. The third-order valence-corrected chi connectivity index (χ3v) is 2.69. The standard InChI is InChI=1S/C14H12N2O5/c1-21-9-2-3-12(17)10(7-9)13(18)16-8-4-5-15-11(6-8)14(19)20/h2-7,17H,1H3,(H,19,20)(H,15,16,18). The van der Waals surface area contributed by atoms with Gasteiger partial charge >= 0.3 is 5.97 Å². The topological polar surface area (TPSA) is 109 Å². The van der Waals surface area contributed by atoms with Gasteiger partial charge in [0, 0.05) is 11.9 Å². The normalized spacial score (nSPS) is 9.95. The van der Waals surface area contributed by atoms with Gasteiger partial charge in [-0.3, -0.25) is 4.79 Å². The smallest absolute Gasteiger partial charge is 0.354 e. The molecule has 7 heteroatoms. The second kappa shape index (κ2) is 5.91. The van der Waals surface area contributed by atoms with E-state index < -0.39 is 11.9 Å². The molecule has 1 aromatic heterocycles. The molecule has 0 aliphatic heterocycles. The monoisotopic (exact) mass is 288 g/mol. The van der Waals surface area contributed by atoms with Crippen LogP contribution in [0.25, 0.3) is 0 Å². The van der Waals surface area contributed by atoms with Gasteiger partial charge in [0.2, 0.25) is 0 Å². The number of hydrogen-bond acceptors (Lipinski definition) is 5. The summed E-state index contributed by atoms with van der Waals surface area (Å²) in [7, 11) is 1.44. The van der Waals surface area contributed by atoms with Gasteiger partial charge in [-0.15, -0.1) is 0 Å². The van der Waals surface area contributed by atoms with E-state index in [1.165, 1.54) is 43.6 Å². The number of aromatic nitrogens is 1. The largest absolute Gasteiger partial charge is 0.507 e. The molecule has 0 saturated carbocycles. The number of benzene rings is 1. The van der Waals surface area contributed by atoms with E-state index >= 15 is 0 Å². The zero-order chi connectivity index (χ0) is 15.4. The van der Waals surface area contributed by atoms with Crippen LogP contribution in [0.3, 0.4) is 0 Å². The molecule has 0 unspecified atom stereocenters. The highest BCUT2D eigenvalue weighted by molar-refractivity contribution is 6.06. The Kier molecular flexibility index (Phi) is 4.03. The Bertz CT molecular complexity index is 700. The van der Waals surface area contributed by atoms with Crippen molar-refractivity contribution < 1.29 is 24.5 Å². The third-order valence-electron chi connectivity index (χ3n) is 2.69. The SMILES string of the molecule is COc1ccc(O)c(C(=O)Nc2ccnc(C(=O)O)c2)c1. The lowest BCUT2D eigenvalue weighted by molar-refractivity contribution is 0.0690. The van der Waals surface area contributed by atoms with Crippen molar-refractivity contribution in [3.8, 4) is 11.5 Å². The number of pyridine rings is 1. The predicted octanol–water partition coefficient (Wildman–Crippen LogP) is 1.75. The quantitative estimate of drug-likeness (QED) is 0.790. The Hall–Kier alpha value is -3.09. The third kappa shape index (κ3) is 3.27. The number of methoxy groups -OCH3 is 1. The van der Waals surface area contributed by atoms with E-state index in [0.29, 0.717) is 5.75 Å². The molecule has 0 fully saturated rings. The first-order chi connectivity index (χ1) is 10.0. The highest BCUT2D eigenvalue weighted by atomic mass is 16.5. The van der Waals surface area contributed by atoms with Crippen molar-refractivity contribution in [2.45, 2.75) is 0 Å². The molecule has 3 N–H and O–H groups in total. The van der Waals surface area contributed by atoms with Crippen LogP contribution in [0.2, 0.25) is 0 Å². The summed E-state index contributed by atoms with van der Waals surface area (Å²) in [5.74, 6) is -1.58. The summed E-state index contributed by atoms with van der Waals surface area (Å²) >= 11 is 0. The molecular formula is C14H12N2O5. The fourth-order valence-corrected chi connectivity index (χ4v) is 1.65. The van der Waals surface area contributed by atoms with Gasteiger partial charge in [0.05, 0.1) is 12.7 Å². The molecule has 0 radical (unpaired) electrons. The zero-order valence-electron chi connectivity index (χ0n) is 11.0. The second-order valence-corrected chi connectivity index (χ2v) is 4.07. The summed E-state index contributed by atoms with van der Waals surface area (Å²) in [4.78, 5) is 26.5. The van der Waals surface area contributed by atoms with E-state index in [-0.39, 0.29) is 22.7 Å². The summed E-state index contributed by atoms with van der Waals surface area (Å²) in [6.45, 7) is 0. The summed E-state index contributed by atoms with van der Waals surface area (Å²) in [6.07, 6.45) is 1.27. The zero-order valence-corrected chi connectivity index (χ0v) is 11.0. The van der Waals surface area contributed by atoms with E-state index in [2.05, 4.69) is 10.3 Å². The number of anilines is 1. The maximum Gasteiger partial charge on any atom is 0.354 e. The van der Waals surface area contributed by atoms with Gasteiger partial charge in [0.25, 0.3) is 5.91 Å². The number of nitrogens with zero attached hydrogens (tertiary/aromatic N) is 1. The number of nitrogens with one attached hydrogen (secondary N) is 1. The van der Waals surface area contributed by atoms with Crippen LogP contribution in [0.1, 0.15) is 20.8 Å². The Balaban J connectivity index is 2.25. The molecule has 0 aliphatic carbocycles. The maximum atomic E-state index is 12.1. The van der Waals surface area contributed by atoms with E-state index in [4.69, 9.17) is 9.84 Å². The second-order valence-electron chi connectivity index (χ2n) is 4.07. The summed E-state index contributed by atoms with van der Waals surface area (Å²) in [6, 6.07) is 6.90. The Labute approximate surface area is 119 Å². The van der Waals surface area contributed by atoms with E-state index in [1.807, 2.05) is 0 Å². The lowest BCUT2D eigenvalue weighted by Crippen LogP contribution is -2.13. The Morgan fingerprint density at radius 3 is 2.67 bits per heavy atom. The van der Waals surface area contributed by atoms with Gasteiger partial charge < -0.3 is 20.3 Å². The molecule has 21 heavy (non-hydrogen) atoms. The molecule has 7 nitrogen and oxygen atoms in total. The molecule has 0 aliphatic rings. The lowest BCUT2D eigenvalue weighted by Gasteiger charge is -2.08. The molecule has 2 rings (SSSR count). The molecule has 0 bridgehead atoms. The van der Waals surface area contributed by atoms with Crippen LogP contribution in [0, 0.1) is 0 Å². The average Bonchev–Trinajstić information content (AvgIpc) is 2.48. The molecule has 2 aromatic rings. The summed E-state index contributed by atoms with van der Waals surface area (Å²) in [5, 5.41) is 21.0. The number of aromatic hydroxyl groups is 1. The van der Waals surface area contributed by atoms with Gasteiger partial charge in [0.15, 0.2) is 0 Å². The fraction of sp³-hybridized carbons (Fsp3) is 0.0714. The van der Waals surface area contributed by atoms with Crippen LogP contribution in [0.4, 0.5) is 5.69 Å². The van der Waals surface area contributed by atoms with Gasteiger partial charge in [-0.25, -0.2) is 9.78 Å². The number of carbonyl (C=O) groups is 2. The molecule has 1 amide bonds. The number of aromatic carboxylic acids is 1. The predicted molar refractivity (Wildman–Crippen MR) is 73.8 cm³/mol. The number of phenolic OH excluding ortho intramolecular Hbond substituents is 1. The van der Waals surface area contributed by atoms with E-state index in [0.717, 1.165) is 0 Å². The lowest BCUT2D eigenvalue weighted by atomic mass is 10.1. The number of amides is 1. The van der Waals surface area contributed by atoms with Crippen molar-refractivity contribution in [2.75, 3.05) is 12.4 Å². The number of carboxylic acids is 1. The van der Waals surface area contributed by atoms with Crippen molar-refractivity contribution >= 4 is 17.6 Å². The van der Waals surface area contributed by atoms with Crippen molar-refractivity contribution in [3.05, 3.63) is 47.8 Å². The molecule has 1 aromatic carbocycles. The van der Waals surface area contributed by atoms with Crippen LogP contribution in [0.15, 0.2) is 36.5 Å². The van der Waals surface area contributed by atoms with E-state index in [1.54, 1.807) is 0 Å². The number of ether oxygens (including phenoxy) is 1. The highest BCUT2D eigenvalue weighted by Gasteiger charge is 2.14. The first-order valence-corrected chi connectivity index (χ1v) is 5.89. The van der Waals surface area contributed by atoms with Gasteiger partial charge in [-0.1, -0.05) is 0 Å². The number of hydrogen-bond donors (Lipinski definition) is 3. The molecule has 0 saturated heterocycles.